The highest BCUT2D eigenvalue weighted by Gasteiger charge is 2.43. The van der Waals surface area contributed by atoms with E-state index < -0.39 is 18.3 Å². The normalized spacial score (nSPS) is 23.1. The number of amides is 1. The lowest BCUT2D eigenvalue weighted by Crippen LogP contribution is -2.43. The molecule has 2 N–H and O–H groups in total. The SMILES string of the molecule is CCn1c(C(C#N)c2nc(NC(=O)C3O[C@@H]4CNC[C@H]3O4)ncc2C)nc2ccccc21. The summed E-state index contributed by atoms with van der Waals surface area (Å²) in [4.78, 5) is 26.3. The van der Waals surface area contributed by atoms with Gasteiger partial charge in [0.05, 0.1) is 22.8 Å². The number of nitriles is 1. The number of hydrogen-bond donors (Lipinski definition) is 2. The first kappa shape index (κ1) is 20.5. The Kier molecular flexibility index (Phi) is 5.30. The van der Waals surface area contributed by atoms with E-state index in [1.807, 2.05) is 42.7 Å². The van der Waals surface area contributed by atoms with E-state index in [4.69, 9.17) is 14.5 Å². The smallest absolute Gasteiger partial charge is 0.258 e. The lowest BCUT2D eigenvalue weighted by molar-refractivity contribution is -0.127. The minimum atomic E-state index is -0.737. The van der Waals surface area contributed by atoms with Gasteiger partial charge in [0.25, 0.3) is 5.91 Å². The van der Waals surface area contributed by atoms with Gasteiger partial charge in [-0.25, -0.2) is 15.0 Å². The molecule has 164 valence electrons. The van der Waals surface area contributed by atoms with Crippen LogP contribution in [0.1, 0.15) is 29.9 Å². The number of aromatic nitrogens is 4. The molecule has 3 aromatic rings. The third kappa shape index (κ3) is 3.50. The zero-order valence-electron chi connectivity index (χ0n) is 17.8. The van der Waals surface area contributed by atoms with Crippen LogP contribution in [0, 0.1) is 18.3 Å². The summed E-state index contributed by atoms with van der Waals surface area (Å²) in [5.74, 6) is -0.350. The Balaban J connectivity index is 1.45. The number of imidazole rings is 1. The average Bonchev–Trinajstić information content (AvgIpc) is 3.32. The van der Waals surface area contributed by atoms with Gasteiger partial charge in [-0.2, -0.15) is 5.26 Å². The zero-order valence-corrected chi connectivity index (χ0v) is 17.8. The maximum Gasteiger partial charge on any atom is 0.258 e. The summed E-state index contributed by atoms with van der Waals surface area (Å²) in [6, 6.07) is 10.1. The second-order valence-electron chi connectivity index (χ2n) is 7.84. The van der Waals surface area contributed by atoms with Gasteiger partial charge in [0.1, 0.15) is 17.8 Å². The molecule has 0 aliphatic carbocycles. The van der Waals surface area contributed by atoms with Crippen LogP contribution in [-0.4, -0.2) is 57.0 Å². The molecule has 2 bridgehead atoms. The molecule has 1 amide bonds. The molecule has 4 atom stereocenters. The Bertz CT molecular complexity index is 1220. The van der Waals surface area contributed by atoms with Crippen molar-refractivity contribution in [1.29, 1.82) is 5.26 Å². The Hall–Kier alpha value is -3.39. The predicted molar refractivity (Wildman–Crippen MR) is 115 cm³/mol. The van der Waals surface area contributed by atoms with Crippen LogP contribution in [0.2, 0.25) is 0 Å². The number of carbonyl (C=O) groups excluding carboxylic acids is 1. The third-order valence-corrected chi connectivity index (χ3v) is 5.78. The van der Waals surface area contributed by atoms with Crippen molar-refractivity contribution in [3.63, 3.8) is 0 Å². The molecule has 2 fully saturated rings. The van der Waals surface area contributed by atoms with Gasteiger partial charge in [-0.3, -0.25) is 10.1 Å². The number of nitrogens with zero attached hydrogens (tertiary/aromatic N) is 5. The molecule has 10 nitrogen and oxygen atoms in total. The molecule has 2 aromatic heterocycles. The van der Waals surface area contributed by atoms with Crippen molar-refractivity contribution < 1.29 is 14.3 Å². The molecule has 32 heavy (non-hydrogen) atoms. The number of carbonyl (C=O) groups is 1. The van der Waals surface area contributed by atoms with Crippen molar-refractivity contribution in [1.82, 2.24) is 24.8 Å². The molecular formula is C22H23N7O3. The fourth-order valence-electron chi connectivity index (χ4n) is 4.25. The summed E-state index contributed by atoms with van der Waals surface area (Å²) in [5, 5.41) is 15.9. The highest BCUT2D eigenvalue weighted by Crippen LogP contribution is 2.29. The maximum absolute atomic E-state index is 12.8. The number of anilines is 1. The first-order valence-corrected chi connectivity index (χ1v) is 10.6. The van der Waals surface area contributed by atoms with Crippen LogP contribution in [0.25, 0.3) is 11.0 Å². The number of aryl methyl sites for hydroxylation is 2. The second-order valence-corrected chi connectivity index (χ2v) is 7.84. The summed E-state index contributed by atoms with van der Waals surface area (Å²) in [6.07, 6.45) is 0.0890. The standard InChI is InChI=1S/C22H23N7O3/c1-3-29-15-7-5-4-6-14(15)26-20(29)13(8-23)18-12(2)9-25-22(27-18)28-21(30)19-16-10-24-11-17(31-16)32-19/h4-7,9,13,16-17,19,24H,3,10-11H2,1-2H3,(H,25,27,28,30)/t13?,16-,17-,19?/m1/s1. The second kappa shape index (κ2) is 8.27. The topological polar surface area (TPSA) is 127 Å². The lowest BCUT2D eigenvalue weighted by atomic mass is 10.0. The number of para-hydroxylation sites is 2. The van der Waals surface area contributed by atoms with Gasteiger partial charge in [0.15, 0.2) is 12.4 Å². The first-order valence-electron chi connectivity index (χ1n) is 10.6. The number of morpholine rings is 1. The fraction of sp³-hybridized carbons (Fsp3) is 0.409. The Morgan fingerprint density at radius 1 is 1.34 bits per heavy atom. The van der Waals surface area contributed by atoms with Crippen LogP contribution in [0.3, 0.4) is 0 Å². The molecule has 2 unspecified atom stereocenters. The number of ether oxygens (including phenoxy) is 2. The Labute approximate surface area is 184 Å². The highest BCUT2D eigenvalue weighted by molar-refractivity contribution is 5.93. The van der Waals surface area contributed by atoms with Gasteiger partial charge in [-0.15, -0.1) is 0 Å². The van der Waals surface area contributed by atoms with Crippen molar-refractivity contribution in [3.8, 4) is 6.07 Å². The Morgan fingerprint density at radius 3 is 2.97 bits per heavy atom. The molecule has 0 saturated carbocycles. The number of rotatable bonds is 5. The van der Waals surface area contributed by atoms with E-state index in [-0.39, 0.29) is 18.0 Å². The van der Waals surface area contributed by atoms with Gasteiger partial charge in [0.2, 0.25) is 5.95 Å². The summed E-state index contributed by atoms with van der Waals surface area (Å²) in [6.45, 7) is 5.61. The van der Waals surface area contributed by atoms with Gasteiger partial charge in [-0.05, 0) is 31.5 Å². The Morgan fingerprint density at radius 2 is 2.19 bits per heavy atom. The van der Waals surface area contributed by atoms with E-state index >= 15 is 0 Å². The minimum absolute atomic E-state index is 0.119. The molecule has 1 aromatic carbocycles. The first-order chi connectivity index (χ1) is 15.6. The van der Waals surface area contributed by atoms with Crippen molar-refractivity contribution in [2.75, 3.05) is 18.4 Å². The van der Waals surface area contributed by atoms with Gasteiger partial charge < -0.3 is 19.4 Å². The molecular weight excluding hydrogens is 410 g/mol. The number of fused-ring (bicyclic) bond motifs is 3. The zero-order chi connectivity index (χ0) is 22.2. The van der Waals surface area contributed by atoms with Crippen molar-refractivity contribution in [2.24, 2.45) is 0 Å². The van der Waals surface area contributed by atoms with Crippen molar-refractivity contribution in [3.05, 3.63) is 47.5 Å². The molecule has 0 radical (unpaired) electrons. The largest absolute Gasteiger partial charge is 0.343 e. The van der Waals surface area contributed by atoms with Crippen LogP contribution in [0.5, 0.6) is 0 Å². The van der Waals surface area contributed by atoms with Gasteiger partial charge >= 0.3 is 0 Å². The third-order valence-electron chi connectivity index (χ3n) is 5.78. The lowest BCUT2D eigenvalue weighted by Gasteiger charge is -2.19. The molecule has 4 heterocycles. The van der Waals surface area contributed by atoms with Gasteiger partial charge in [0, 0.05) is 25.8 Å². The number of benzene rings is 1. The average molecular weight is 433 g/mol. The highest BCUT2D eigenvalue weighted by atomic mass is 16.7. The van der Waals surface area contributed by atoms with E-state index in [1.54, 1.807) is 6.20 Å². The molecule has 10 heteroatoms. The fourth-order valence-corrected chi connectivity index (χ4v) is 4.25. The summed E-state index contributed by atoms with van der Waals surface area (Å²) in [7, 11) is 0. The molecule has 0 spiro atoms. The predicted octanol–water partition coefficient (Wildman–Crippen LogP) is 1.46. The van der Waals surface area contributed by atoms with Crippen LogP contribution in [0.4, 0.5) is 5.95 Å². The van der Waals surface area contributed by atoms with Crippen LogP contribution < -0.4 is 10.6 Å². The molecule has 2 aliphatic heterocycles. The summed E-state index contributed by atoms with van der Waals surface area (Å²) < 4.78 is 13.3. The van der Waals surface area contributed by atoms with Crippen LogP contribution in [-0.2, 0) is 20.8 Å². The van der Waals surface area contributed by atoms with Gasteiger partial charge in [-0.1, -0.05) is 12.1 Å². The van der Waals surface area contributed by atoms with E-state index in [0.717, 1.165) is 16.6 Å². The van der Waals surface area contributed by atoms with E-state index in [9.17, 15) is 10.1 Å². The van der Waals surface area contributed by atoms with Crippen molar-refractivity contribution in [2.45, 2.75) is 44.8 Å². The monoisotopic (exact) mass is 433 g/mol. The maximum atomic E-state index is 12.8. The summed E-state index contributed by atoms with van der Waals surface area (Å²) in [5.41, 5.74) is 3.03. The van der Waals surface area contributed by atoms with Crippen LogP contribution >= 0.6 is 0 Å². The van der Waals surface area contributed by atoms with Crippen molar-refractivity contribution >= 4 is 22.9 Å². The molecule has 2 aliphatic rings. The van der Waals surface area contributed by atoms with Crippen LogP contribution in [0.15, 0.2) is 30.5 Å². The summed E-state index contributed by atoms with van der Waals surface area (Å²) >= 11 is 0. The molecule has 2 saturated heterocycles. The quantitative estimate of drug-likeness (QED) is 0.619. The number of nitrogens with one attached hydrogen (secondary N) is 2. The van der Waals surface area contributed by atoms with E-state index in [1.165, 1.54) is 0 Å². The van der Waals surface area contributed by atoms with E-state index in [2.05, 4.69) is 26.7 Å². The minimum Gasteiger partial charge on any atom is -0.343 e. The van der Waals surface area contributed by atoms with E-state index in [0.29, 0.717) is 31.2 Å². The molecule has 5 rings (SSSR count). The number of hydrogen-bond acceptors (Lipinski definition) is 8.